The highest BCUT2D eigenvalue weighted by molar-refractivity contribution is 6.35. The van der Waals surface area contributed by atoms with E-state index in [0.29, 0.717) is 33.8 Å². The van der Waals surface area contributed by atoms with Crippen molar-refractivity contribution in [3.05, 3.63) is 105 Å². The van der Waals surface area contributed by atoms with Gasteiger partial charge in [0.2, 0.25) is 6.23 Å². The summed E-state index contributed by atoms with van der Waals surface area (Å²) in [6.45, 7) is 4.13. The second kappa shape index (κ2) is 8.70. The number of hydrogen-bond donors (Lipinski definition) is 0. The molecule has 0 N–H and O–H groups in total. The van der Waals surface area contributed by atoms with Gasteiger partial charge in [0, 0.05) is 27.6 Å². The molecule has 32 heavy (non-hydrogen) atoms. The number of hydrazone groups is 1. The molecule has 2 atom stereocenters. The van der Waals surface area contributed by atoms with E-state index in [0.717, 1.165) is 28.2 Å². The van der Waals surface area contributed by atoms with Crippen LogP contribution in [0.1, 0.15) is 35.4 Å². The molecular weight excluding hydrogens is 467 g/mol. The lowest BCUT2D eigenvalue weighted by Gasteiger charge is -2.38. The SMILES string of the molecule is C=CCOc1ccc(C2Oc3c(Cl)cc(Cl)cc3C3CC(c4ccc(Cl)cc4)=NN32)cc1. The maximum Gasteiger partial charge on any atom is 0.213 e. The zero-order valence-corrected chi connectivity index (χ0v) is 19.2. The molecule has 0 aliphatic carbocycles. The van der Waals surface area contributed by atoms with Gasteiger partial charge in [0.1, 0.15) is 18.1 Å². The number of rotatable bonds is 5. The zero-order chi connectivity index (χ0) is 22.2. The molecule has 0 amide bonds. The van der Waals surface area contributed by atoms with Crippen LogP contribution in [-0.4, -0.2) is 17.3 Å². The van der Waals surface area contributed by atoms with Gasteiger partial charge in [-0.3, -0.25) is 0 Å². The van der Waals surface area contributed by atoms with E-state index in [1.54, 1.807) is 12.1 Å². The summed E-state index contributed by atoms with van der Waals surface area (Å²) in [4.78, 5) is 0. The van der Waals surface area contributed by atoms with Gasteiger partial charge in [-0.15, -0.1) is 0 Å². The summed E-state index contributed by atoms with van der Waals surface area (Å²) in [6, 6.07) is 19.0. The van der Waals surface area contributed by atoms with Gasteiger partial charge in [-0.05, 0) is 54.1 Å². The van der Waals surface area contributed by atoms with Crippen LogP contribution in [0.2, 0.25) is 15.1 Å². The van der Waals surface area contributed by atoms with Crippen molar-refractivity contribution in [3.8, 4) is 11.5 Å². The topological polar surface area (TPSA) is 34.1 Å². The molecule has 0 fully saturated rings. The first-order chi connectivity index (χ1) is 15.5. The van der Waals surface area contributed by atoms with Crippen molar-refractivity contribution in [3.63, 3.8) is 0 Å². The Morgan fingerprint density at radius 1 is 1.03 bits per heavy atom. The lowest BCUT2D eigenvalue weighted by Crippen LogP contribution is -2.33. The second-order valence-electron chi connectivity index (χ2n) is 7.60. The molecule has 0 saturated heterocycles. The third-order valence-corrected chi connectivity index (χ3v) is 6.27. The summed E-state index contributed by atoms with van der Waals surface area (Å²) in [5, 5.41) is 8.68. The van der Waals surface area contributed by atoms with Gasteiger partial charge in [-0.25, -0.2) is 5.01 Å². The molecule has 2 heterocycles. The van der Waals surface area contributed by atoms with E-state index in [-0.39, 0.29) is 6.04 Å². The quantitative estimate of drug-likeness (QED) is 0.352. The summed E-state index contributed by atoms with van der Waals surface area (Å²) in [5.74, 6) is 1.40. The fraction of sp³-hybridized carbons (Fsp3) is 0.160. The summed E-state index contributed by atoms with van der Waals surface area (Å²) in [7, 11) is 0. The second-order valence-corrected chi connectivity index (χ2v) is 8.88. The van der Waals surface area contributed by atoms with Crippen molar-refractivity contribution in [2.75, 3.05) is 6.61 Å². The van der Waals surface area contributed by atoms with Gasteiger partial charge in [-0.2, -0.15) is 5.10 Å². The van der Waals surface area contributed by atoms with Gasteiger partial charge in [0.05, 0.1) is 16.8 Å². The first kappa shape index (κ1) is 21.2. The van der Waals surface area contributed by atoms with E-state index in [1.807, 2.05) is 59.6 Å². The monoisotopic (exact) mass is 484 g/mol. The molecule has 4 nitrogen and oxygen atoms in total. The Bertz CT molecular complexity index is 1190. The third kappa shape index (κ3) is 3.95. The molecule has 162 valence electrons. The molecule has 2 aliphatic heterocycles. The van der Waals surface area contributed by atoms with Crippen molar-refractivity contribution < 1.29 is 9.47 Å². The third-order valence-electron chi connectivity index (χ3n) is 5.52. The predicted octanol–water partition coefficient (Wildman–Crippen LogP) is 7.45. The first-order valence-electron chi connectivity index (χ1n) is 10.1. The van der Waals surface area contributed by atoms with Crippen LogP contribution in [0.25, 0.3) is 0 Å². The minimum Gasteiger partial charge on any atom is -0.490 e. The van der Waals surface area contributed by atoms with Crippen LogP contribution in [0.15, 0.2) is 78.4 Å². The Morgan fingerprint density at radius 2 is 1.78 bits per heavy atom. The molecule has 0 bridgehead atoms. The van der Waals surface area contributed by atoms with E-state index in [1.165, 1.54) is 0 Å². The van der Waals surface area contributed by atoms with E-state index < -0.39 is 6.23 Å². The number of hydrogen-bond acceptors (Lipinski definition) is 4. The largest absolute Gasteiger partial charge is 0.490 e. The smallest absolute Gasteiger partial charge is 0.213 e. The Kier molecular flexibility index (Phi) is 5.76. The fourth-order valence-electron chi connectivity index (χ4n) is 4.04. The lowest BCUT2D eigenvalue weighted by molar-refractivity contribution is -0.0189. The van der Waals surface area contributed by atoms with Crippen LogP contribution in [0.3, 0.4) is 0 Å². The predicted molar refractivity (Wildman–Crippen MR) is 129 cm³/mol. The maximum absolute atomic E-state index is 6.53. The number of halogens is 3. The Balaban J connectivity index is 1.55. The number of fused-ring (bicyclic) bond motifs is 3. The number of ether oxygens (including phenoxy) is 2. The first-order valence-corrected chi connectivity index (χ1v) is 11.3. The Morgan fingerprint density at radius 3 is 2.50 bits per heavy atom. The summed E-state index contributed by atoms with van der Waals surface area (Å²) < 4.78 is 12.0. The minimum absolute atomic E-state index is 0.0534. The van der Waals surface area contributed by atoms with Gasteiger partial charge < -0.3 is 9.47 Å². The van der Waals surface area contributed by atoms with Gasteiger partial charge in [-0.1, -0.05) is 59.6 Å². The average molecular weight is 486 g/mol. The number of nitrogens with zero attached hydrogens (tertiary/aromatic N) is 2. The van der Waals surface area contributed by atoms with E-state index in [9.17, 15) is 0 Å². The van der Waals surface area contributed by atoms with Crippen molar-refractivity contribution in [1.82, 2.24) is 5.01 Å². The van der Waals surface area contributed by atoms with E-state index in [2.05, 4.69) is 6.58 Å². The van der Waals surface area contributed by atoms with Gasteiger partial charge >= 0.3 is 0 Å². The molecule has 0 saturated carbocycles. The number of benzene rings is 3. The molecule has 2 unspecified atom stereocenters. The molecule has 0 spiro atoms. The van der Waals surface area contributed by atoms with Crippen molar-refractivity contribution >= 4 is 40.5 Å². The van der Waals surface area contributed by atoms with Crippen LogP contribution in [0.4, 0.5) is 0 Å². The lowest BCUT2D eigenvalue weighted by atomic mass is 9.96. The highest BCUT2D eigenvalue weighted by atomic mass is 35.5. The van der Waals surface area contributed by atoms with Crippen LogP contribution >= 0.6 is 34.8 Å². The summed E-state index contributed by atoms with van der Waals surface area (Å²) >= 11 is 18.9. The highest BCUT2D eigenvalue weighted by Crippen LogP contribution is 2.50. The Hall–Kier alpha value is -2.66. The Labute approximate surface area is 201 Å². The molecule has 5 rings (SSSR count). The molecule has 7 heteroatoms. The van der Waals surface area contributed by atoms with E-state index in [4.69, 9.17) is 49.4 Å². The molecule has 3 aromatic carbocycles. The molecular formula is C25H19Cl3N2O2. The molecule has 0 aromatic heterocycles. The summed E-state index contributed by atoms with van der Waals surface area (Å²) in [6.07, 6.45) is 1.97. The van der Waals surface area contributed by atoms with Crippen LogP contribution in [0.5, 0.6) is 11.5 Å². The minimum atomic E-state index is -0.440. The van der Waals surface area contributed by atoms with Crippen molar-refractivity contribution in [1.29, 1.82) is 0 Å². The molecule has 0 radical (unpaired) electrons. The molecule has 2 aliphatic rings. The zero-order valence-electron chi connectivity index (χ0n) is 17.0. The van der Waals surface area contributed by atoms with Crippen molar-refractivity contribution in [2.45, 2.75) is 18.7 Å². The summed E-state index contributed by atoms with van der Waals surface area (Å²) in [5.41, 5.74) is 3.84. The average Bonchev–Trinajstić information content (AvgIpc) is 3.24. The van der Waals surface area contributed by atoms with Gasteiger partial charge in [0.15, 0.2) is 0 Å². The fourth-order valence-corrected chi connectivity index (χ4v) is 4.71. The van der Waals surface area contributed by atoms with Crippen LogP contribution in [-0.2, 0) is 0 Å². The normalized spacial score (nSPS) is 19.0. The van der Waals surface area contributed by atoms with Crippen LogP contribution < -0.4 is 9.47 Å². The van der Waals surface area contributed by atoms with E-state index >= 15 is 0 Å². The van der Waals surface area contributed by atoms with Crippen molar-refractivity contribution in [2.24, 2.45) is 5.10 Å². The molecule has 3 aromatic rings. The standard InChI is InChI=1S/C25H19Cl3N2O2/c1-2-11-31-19-9-5-16(6-10-19)25-30-23(20-12-18(27)13-21(28)24(20)32-25)14-22(29-30)15-3-7-17(26)8-4-15/h2-10,12-13,23,25H,1,11,14H2. The van der Waals surface area contributed by atoms with Crippen LogP contribution in [0, 0.1) is 0 Å². The maximum atomic E-state index is 6.53. The highest BCUT2D eigenvalue weighted by Gasteiger charge is 2.42. The van der Waals surface area contributed by atoms with Gasteiger partial charge in [0.25, 0.3) is 0 Å².